The number of ether oxygens (including phenoxy) is 1. The summed E-state index contributed by atoms with van der Waals surface area (Å²) in [4.78, 5) is 27.7. The number of hydrogen-bond acceptors (Lipinski definition) is 5. The van der Waals surface area contributed by atoms with Crippen LogP contribution in [-0.2, 0) is 21.5 Å². The first-order valence-electron chi connectivity index (χ1n) is 10.9. The predicted octanol–water partition coefficient (Wildman–Crippen LogP) is 5.86. The number of halogens is 1. The molecule has 34 heavy (non-hydrogen) atoms. The number of carbonyl (C=O) groups excluding carboxylic acids is 2. The fourth-order valence-corrected chi connectivity index (χ4v) is 4.33. The number of aliphatic hydroxyl groups is 1. The Hall–Kier alpha value is -3.51. The van der Waals surface area contributed by atoms with Gasteiger partial charge in [0.15, 0.2) is 0 Å². The molecule has 1 N–H and O–H groups in total. The van der Waals surface area contributed by atoms with E-state index in [2.05, 4.69) is 0 Å². The van der Waals surface area contributed by atoms with Crippen molar-refractivity contribution in [3.8, 4) is 5.75 Å². The molecule has 3 aromatic rings. The number of aliphatic hydroxyl groups excluding tert-OH is 1. The molecule has 1 aliphatic heterocycles. The summed E-state index contributed by atoms with van der Waals surface area (Å²) < 4.78 is 10.9. The molecule has 7 heteroatoms. The van der Waals surface area contributed by atoms with E-state index in [9.17, 15) is 14.7 Å². The van der Waals surface area contributed by atoms with Gasteiger partial charge in [-0.1, -0.05) is 44.5 Å². The fourth-order valence-electron chi connectivity index (χ4n) is 4.20. The molecule has 0 aliphatic carbocycles. The number of nitrogens with zero attached hydrogens (tertiary/aromatic N) is 1. The highest BCUT2D eigenvalue weighted by Gasteiger charge is 2.46. The number of amides is 1. The Balaban J connectivity index is 1.89. The minimum atomic E-state index is -0.803. The van der Waals surface area contributed by atoms with Crippen LogP contribution >= 0.6 is 11.6 Å². The summed E-state index contributed by atoms with van der Waals surface area (Å²) in [5.74, 6) is -0.495. The average molecular weight is 480 g/mol. The van der Waals surface area contributed by atoms with Gasteiger partial charge in [0.25, 0.3) is 11.7 Å². The third-order valence-electron chi connectivity index (χ3n) is 5.91. The summed E-state index contributed by atoms with van der Waals surface area (Å²) in [6, 6.07) is 14.8. The van der Waals surface area contributed by atoms with E-state index in [1.54, 1.807) is 61.7 Å². The standard InChI is InChI=1S/C27H26ClNO5/c1-27(2,3)20-14-17(9-12-21(20)33-4)24(30)22-23(16-7-10-18(28)11-8-16)29(26(32)25(22)31)15-19-6-5-13-34-19/h5-14,23,30H,15H2,1-4H3/b24-22-. The highest BCUT2D eigenvalue weighted by molar-refractivity contribution is 6.46. The van der Waals surface area contributed by atoms with Crippen molar-refractivity contribution in [1.29, 1.82) is 0 Å². The van der Waals surface area contributed by atoms with E-state index in [0.29, 0.717) is 27.7 Å². The van der Waals surface area contributed by atoms with Gasteiger partial charge >= 0.3 is 0 Å². The van der Waals surface area contributed by atoms with Crippen LogP contribution in [0.25, 0.3) is 5.76 Å². The molecule has 2 aromatic carbocycles. The molecule has 0 spiro atoms. The summed E-state index contributed by atoms with van der Waals surface area (Å²) in [5, 5.41) is 11.9. The zero-order valence-corrected chi connectivity index (χ0v) is 20.2. The van der Waals surface area contributed by atoms with Crippen molar-refractivity contribution in [3.05, 3.63) is 93.9 Å². The van der Waals surface area contributed by atoms with E-state index in [1.807, 2.05) is 20.8 Å². The monoisotopic (exact) mass is 479 g/mol. The second kappa shape index (κ2) is 9.03. The molecule has 0 bridgehead atoms. The number of methoxy groups -OCH3 is 1. The zero-order valence-electron chi connectivity index (χ0n) is 19.5. The van der Waals surface area contributed by atoms with Crippen molar-refractivity contribution >= 4 is 29.1 Å². The molecule has 4 rings (SSSR count). The van der Waals surface area contributed by atoms with E-state index in [4.69, 9.17) is 20.8 Å². The van der Waals surface area contributed by atoms with Crippen molar-refractivity contribution in [1.82, 2.24) is 4.90 Å². The molecule has 1 fully saturated rings. The molecule has 1 saturated heterocycles. The van der Waals surface area contributed by atoms with Gasteiger partial charge in [-0.3, -0.25) is 9.59 Å². The summed E-state index contributed by atoms with van der Waals surface area (Å²) in [6.07, 6.45) is 1.51. The van der Waals surface area contributed by atoms with Gasteiger partial charge in [0.05, 0.1) is 31.5 Å². The Morgan fingerprint density at radius 3 is 2.41 bits per heavy atom. The average Bonchev–Trinajstić information content (AvgIpc) is 3.40. The number of benzene rings is 2. The van der Waals surface area contributed by atoms with Gasteiger partial charge in [0.2, 0.25) is 0 Å². The third-order valence-corrected chi connectivity index (χ3v) is 6.16. The minimum absolute atomic E-state index is 0.0175. The van der Waals surface area contributed by atoms with Gasteiger partial charge in [0.1, 0.15) is 17.3 Å². The highest BCUT2D eigenvalue weighted by Crippen LogP contribution is 2.42. The van der Waals surface area contributed by atoms with Crippen molar-refractivity contribution in [2.24, 2.45) is 0 Å². The van der Waals surface area contributed by atoms with Crippen LogP contribution in [0, 0.1) is 0 Å². The number of Topliss-reactive ketones (excluding diaryl/α,β-unsaturated/α-hetero) is 1. The Morgan fingerprint density at radius 1 is 1.12 bits per heavy atom. The van der Waals surface area contributed by atoms with Crippen LogP contribution in [0.15, 0.2) is 70.9 Å². The number of carbonyl (C=O) groups is 2. The smallest absolute Gasteiger partial charge is 0.296 e. The maximum atomic E-state index is 13.2. The molecule has 6 nitrogen and oxygen atoms in total. The molecule has 2 heterocycles. The first-order chi connectivity index (χ1) is 16.1. The molecule has 1 unspecified atom stereocenters. The molecular formula is C27H26ClNO5. The lowest BCUT2D eigenvalue weighted by Gasteiger charge is -2.25. The van der Waals surface area contributed by atoms with Gasteiger partial charge in [-0.25, -0.2) is 0 Å². The second-order valence-electron chi connectivity index (χ2n) is 9.22. The number of ketones is 1. The molecule has 0 radical (unpaired) electrons. The fraction of sp³-hybridized carbons (Fsp3) is 0.259. The molecule has 1 amide bonds. The van der Waals surface area contributed by atoms with Crippen LogP contribution in [0.5, 0.6) is 5.75 Å². The number of likely N-dealkylation sites (tertiary alicyclic amines) is 1. The number of furan rings is 1. The number of hydrogen-bond donors (Lipinski definition) is 1. The number of rotatable bonds is 5. The molecule has 1 aliphatic rings. The molecule has 176 valence electrons. The zero-order chi connectivity index (χ0) is 24.6. The Bertz CT molecular complexity index is 1250. The van der Waals surface area contributed by atoms with E-state index < -0.39 is 17.7 Å². The second-order valence-corrected chi connectivity index (χ2v) is 9.66. The van der Waals surface area contributed by atoms with Gasteiger partial charge in [-0.2, -0.15) is 0 Å². The summed E-state index contributed by atoms with van der Waals surface area (Å²) >= 11 is 6.07. The van der Waals surface area contributed by atoms with Crippen molar-refractivity contribution in [2.45, 2.75) is 38.8 Å². The van der Waals surface area contributed by atoms with Gasteiger partial charge in [0, 0.05) is 16.1 Å². The van der Waals surface area contributed by atoms with Gasteiger partial charge in [-0.05, 0) is 53.4 Å². The summed E-state index contributed by atoms with van der Waals surface area (Å²) in [5.41, 5.74) is 1.70. The molecule has 0 saturated carbocycles. The Morgan fingerprint density at radius 2 is 1.82 bits per heavy atom. The van der Waals surface area contributed by atoms with Gasteiger partial charge < -0.3 is 19.2 Å². The molecule has 1 atom stereocenters. The van der Waals surface area contributed by atoms with Crippen LogP contribution in [-0.4, -0.2) is 28.8 Å². The predicted molar refractivity (Wildman–Crippen MR) is 130 cm³/mol. The molecular weight excluding hydrogens is 454 g/mol. The van der Waals surface area contributed by atoms with Crippen LogP contribution in [0.3, 0.4) is 0 Å². The van der Waals surface area contributed by atoms with Crippen LogP contribution in [0.4, 0.5) is 0 Å². The lowest BCUT2D eigenvalue weighted by atomic mass is 9.84. The Kier molecular flexibility index (Phi) is 6.28. The van der Waals surface area contributed by atoms with Gasteiger partial charge in [-0.15, -0.1) is 0 Å². The van der Waals surface area contributed by atoms with Crippen LogP contribution in [0.1, 0.15) is 49.3 Å². The molecule has 1 aromatic heterocycles. The van der Waals surface area contributed by atoms with E-state index >= 15 is 0 Å². The summed E-state index contributed by atoms with van der Waals surface area (Å²) in [7, 11) is 1.59. The maximum absolute atomic E-state index is 13.2. The van der Waals surface area contributed by atoms with Crippen molar-refractivity contribution < 1.29 is 23.8 Å². The van der Waals surface area contributed by atoms with E-state index in [1.165, 1.54) is 11.2 Å². The van der Waals surface area contributed by atoms with Crippen LogP contribution in [0.2, 0.25) is 5.02 Å². The Labute approximate surface area is 203 Å². The largest absolute Gasteiger partial charge is 0.507 e. The van der Waals surface area contributed by atoms with Crippen molar-refractivity contribution in [3.63, 3.8) is 0 Å². The van der Waals surface area contributed by atoms with Crippen LogP contribution < -0.4 is 4.74 Å². The highest BCUT2D eigenvalue weighted by atomic mass is 35.5. The first kappa shape index (κ1) is 23.6. The summed E-state index contributed by atoms with van der Waals surface area (Å²) in [6.45, 7) is 6.18. The minimum Gasteiger partial charge on any atom is -0.507 e. The lowest BCUT2D eigenvalue weighted by molar-refractivity contribution is -0.140. The topological polar surface area (TPSA) is 80.0 Å². The normalized spacial score (nSPS) is 17.9. The SMILES string of the molecule is COc1ccc(/C(O)=C2/C(=O)C(=O)N(Cc3ccco3)C2c2ccc(Cl)cc2)cc1C(C)(C)C. The third kappa shape index (κ3) is 4.33. The quantitative estimate of drug-likeness (QED) is 0.281. The first-order valence-corrected chi connectivity index (χ1v) is 11.2. The maximum Gasteiger partial charge on any atom is 0.296 e. The van der Waals surface area contributed by atoms with E-state index in [0.717, 1.165) is 5.56 Å². The lowest BCUT2D eigenvalue weighted by Crippen LogP contribution is -2.29. The van der Waals surface area contributed by atoms with Crippen molar-refractivity contribution in [2.75, 3.05) is 7.11 Å². The van der Waals surface area contributed by atoms with E-state index in [-0.39, 0.29) is 23.3 Å².